The van der Waals surface area contributed by atoms with Crippen LogP contribution in [-0.4, -0.2) is 23.4 Å². The summed E-state index contributed by atoms with van der Waals surface area (Å²) in [6, 6.07) is 14.7. The van der Waals surface area contributed by atoms with E-state index >= 15 is 0 Å². The number of carbonyl (C=O) groups is 1. The minimum absolute atomic E-state index is 0. The summed E-state index contributed by atoms with van der Waals surface area (Å²) in [6.45, 7) is 0. The van der Waals surface area contributed by atoms with Crippen LogP contribution in [0.4, 0.5) is 0 Å². The van der Waals surface area contributed by atoms with Gasteiger partial charge in [-0.15, -0.1) is 11.8 Å². The van der Waals surface area contributed by atoms with Crippen LogP contribution in [0.1, 0.15) is 17.2 Å². The number of carbonyl (C=O) groups excluding carboxylic acids is 1. The molecule has 4 rings (SSSR count). The maximum absolute atomic E-state index is 12.6. The number of ether oxygens (including phenoxy) is 1. The van der Waals surface area contributed by atoms with E-state index in [-0.39, 0.29) is 30.2 Å². The molecule has 7 heteroatoms. The number of aliphatic carboxylic acids is 1. The minimum atomic E-state index is -1.25. The Morgan fingerprint density at radius 3 is 2.70 bits per heavy atom. The monoisotopic (exact) mass is 373 g/mol. The predicted octanol–water partition coefficient (Wildman–Crippen LogP) is -0.998. The number of hydrogen-bond acceptors (Lipinski definition) is 5. The van der Waals surface area contributed by atoms with Gasteiger partial charge in [0.2, 0.25) is 0 Å². The molecule has 0 spiro atoms. The number of hydrogen-bond donors (Lipinski definition) is 0. The summed E-state index contributed by atoms with van der Waals surface area (Å²) in [5.74, 6) is -0.417. The number of carboxylic acids is 1. The number of thioether (sulfide) groups is 1. The quantitative estimate of drug-likeness (QED) is 0.549. The molecule has 0 saturated heterocycles. The summed E-state index contributed by atoms with van der Waals surface area (Å²) < 4.78 is 6.83. The third-order valence-electron chi connectivity index (χ3n) is 4.67. The van der Waals surface area contributed by atoms with Gasteiger partial charge in [0.25, 0.3) is 5.56 Å². The smallest absolute Gasteiger partial charge is 0.548 e. The minimum Gasteiger partial charge on any atom is -0.548 e. The Morgan fingerprint density at radius 2 is 1.96 bits per heavy atom. The van der Waals surface area contributed by atoms with Crippen LogP contribution in [0.2, 0.25) is 0 Å². The van der Waals surface area contributed by atoms with Crippen LogP contribution in [0.5, 0.6) is 5.75 Å². The average Bonchev–Trinajstić information content (AvgIpc) is 3.08. The van der Waals surface area contributed by atoms with Crippen molar-refractivity contribution < 1.29 is 33.5 Å². The second-order valence-corrected chi connectivity index (χ2v) is 7.19. The van der Waals surface area contributed by atoms with Gasteiger partial charge in [-0.25, -0.2) is 0 Å². The molecule has 0 bridgehead atoms. The molecule has 0 N–H and O–H groups in total. The molecule has 5 nitrogen and oxygen atoms in total. The number of fused-ring (bicyclic) bond motifs is 2. The van der Waals surface area contributed by atoms with Gasteiger partial charge in [-0.2, -0.15) is 0 Å². The van der Waals surface area contributed by atoms with E-state index in [2.05, 4.69) is 6.07 Å². The molecule has 1 aliphatic heterocycles. The van der Waals surface area contributed by atoms with Crippen molar-refractivity contribution in [3.05, 3.63) is 70.0 Å². The molecular formula is C20H16LiNO4S. The number of carboxylic acid groups (broad SMARTS) is 1. The zero-order chi connectivity index (χ0) is 18.3. The van der Waals surface area contributed by atoms with E-state index in [0.717, 1.165) is 21.9 Å². The third-order valence-corrected chi connectivity index (χ3v) is 5.80. The van der Waals surface area contributed by atoms with Crippen LogP contribution in [0.25, 0.3) is 10.8 Å². The SMILES string of the molecule is COc1c(Cc2cccc3ccccc23)cc(=O)n2c1SC[C@H]2C(=O)[O-].[Li+]. The summed E-state index contributed by atoms with van der Waals surface area (Å²) >= 11 is 1.32. The fraction of sp³-hybridized carbons (Fsp3) is 0.200. The standard InChI is InChI=1S/C20H17NO4S.Li/c1-25-18-14(9-13-7-4-6-12-5-2-3-8-15(12)13)10-17(22)21-16(20(23)24)11-26-19(18)21;/h2-8,10,16H,9,11H2,1H3,(H,23,24);/q;+1/p-1/t16-;/m0./s1. The van der Waals surface area contributed by atoms with Crippen molar-refractivity contribution in [3.8, 4) is 5.75 Å². The Balaban J connectivity index is 0.00000210. The maximum Gasteiger partial charge on any atom is 1.00 e. The van der Waals surface area contributed by atoms with E-state index in [1.165, 1.54) is 22.4 Å². The molecule has 132 valence electrons. The molecule has 1 aromatic heterocycles. The molecular weight excluding hydrogens is 357 g/mol. The normalized spacial score (nSPS) is 15.2. The van der Waals surface area contributed by atoms with Crippen molar-refractivity contribution in [1.82, 2.24) is 4.57 Å². The van der Waals surface area contributed by atoms with Crippen molar-refractivity contribution >= 4 is 28.5 Å². The van der Waals surface area contributed by atoms with Gasteiger partial charge in [0.05, 0.1) is 19.1 Å². The molecule has 0 aliphatic carbocycles. The Labute approximate surface area is 172 Å². The molecule has 3 aromatic rings. The molecule has 1 atom stereocenters. The van der Waals surface area contributed by atoms with E-state index in [1.54, 1.807) is 7.11 Å². The van der Waals surface area contributed by atoms with Gasteiger partial charge in [0.1, 0.15) is 5.03 Å². The number of aromatic nitrogens is 1. The summed E-state index contributed by atoms with van der Waals surface area (Å²) in [5.41, 5.74) is 1.51. The van der Waals surface area contributed by atoms with Crippen LogP contribution >= 0.6 is 11.8 Å². The van der Waals surface area contributed by atoms with Crippen molar-refractivity contribution in [2.45, 2.75) is 17.5 Å². The van der Waals surface area contributed by atoms with E-state index in [0.29, 0.717) is 17.2 Å². The molecule has 2 heterocycles. The number of nitrogens with zero attached hydrogens (tertiary/aromatic N) is 1. The fourth-order valence-electron chi connectivity index (χ4n) is 3.47. The summed E-state index contributed by atoms with van der Waals surface area (Å²) in [7, 11) is 1.54. The first kappa shape index (κ1) is 19.6. The molecule has 27 heavy (non-hydrogen) atoms. The largest absolute Gasteiger partial charge is 1.00 e. The average molecular weight is 373 g/mol. The molecule has 0 radical (unpaired) electrons. The van der Waals surface area contributed by atoms with E-state index in [4.69, 9.17) is 4.74 Å². The van der Waals surface area contributed by atoms with E-state index in [9.17, 15) is 14.7 Å². The van der Waals surface area contributed by atoms with Crippen molar-refractivity contribution in [2.24, 2.45) is 0 Å². The maximum atomic E-state index is 12.6. The Hall–Kier alpha value is -2.13. The second kappa shape index (κ2) is 7.85. The Kier molecular flexibility index (Phi) is 5.71. The van der Waals surface area contributed by atoms with Crippen molar-refractivity contribution in [1.29, 1.82) is 0 Å². The molecule has 2 aromatic carbocycles. The number of benzene rings is 2. The van der Waals surface area contributed by atoms with Crippen LogP contribution in [0.15, 0.2) is 58.4 Å². The molecule has 1 aliphatic rings. The van der Waals surface area contributed by atoms with Crippen molar-refractivity contribution in [2.75, 3.05) is 12.9 Å². The molecule has 0 amide bonds. The fourth-order valence-corrected chi connectivity index (χ4v) is 4.77. The molecule has 0 unspecified atom stereocenters. The van der Waals surface area contributed by atoms with Gasteiger partial charge in [-0.1, -0.05) is 42.5 Å². The zero-order valence-corrected chi connectivity index (χ0v) is 15.9. The summed E-state index contributed by atoms with van der Waals surface area (Å²) in [4.78, 5) is 23.9. The van der Waals surface area contributed by atoms with Gasteiger partial charge >= 0.3 is 18.9 Å². The molecule has 0 saturated carbocycles. The summed E-state index contributed by atoms with van der Waals surface area (Å²) in [6.07, 6.45) is 0.532. The third kappa shape index (κ3) is 3.41. The summed E-state index contributed by atoms with van der Waals surface area (Å²) in [5, 5.41) is 14.1. The first-order valence-electron chi connectivity index (χ1n) is 8.23. The van der Waals surface area contributed by atoms with Crippen LogP contribution < -0.4 is 34.3 Å². The van der Waals surface area contributed by atoms with Gasteiger partial charge in [-0.05, 0) is 16.3 Å². The first-order chi connectivity index (χ1) is 12.6. The van der Waals surface area contributed by atoms with E-state index in [1.807, 2.05) is 36.4 Å². The number of pyridine rings is 1. The number of rotatable bonds is 4. The van der Waals surface area contributed by atoms with E-state index < -0.39 is 12.0 Å². The Bertz CT molecular complexity index is 1070. The topological polar surface area (TPSA) is 71.4 Å². The molecule has 0 fully saturated rings. The van der Waals surface area contributed by atoms with Gasteiger partial charge < -0.3 is 14.6 Å². The van der Waals surface area contributed by atoms with Gasteiger partial charge in [0, 0.05) is 23.8 Å². The van der Waals surface area contributed by atoms with Crippen LogP contribution in [0, 0.1) is 0 Å². The zero-order valence-electron chi connectivity index (χ0n) is 15.1. The first-order valence-corrected chi connectivity index (χ1v) is 9.21. The van der Waals surface area contributed by atoms with Crippen LogP contribution in [-0.2, 0) is 11.2 Å². The van der Waals surface area contributed by atoms with Crippen molar-refractivity contribution in [3.63, 3.8) is 0 Å². The predicted molar refractivity (Wildman–Crippen MR) is 98.8 cm³/mol. The van der Waals surface area contributed by atoms with Gasteiger partial charge in [-0.3, -0.25) is 9.36 Å². The van der Waals surface area contributed by atoms with Gasteiger partial charge in [0.15, 0.2) is 5.75 Å². The number of methoxy groups -OCH3 is 1. The Morgan fingerprint density at radius 1 is 1.22 bits per heavy atom. The second-order valence-electron chi connectivity index (χ2n) is 6.18. The van der Waals surface area contributed by atoms with Crippen LogP contribution in [0.3, 0.4) is 0 Å².